The third-order valence-electron chi connectivity index (χ3n) is 4.53. The number of methoxy groups -OCH3 is 1. The molecule has 0 fully saturated rings. The molecule has 0 bridgehead atoms. The van der Waals surface area contributed by atoms with Crippen LogP contribution in [0.15, 0.2) is 70.4 Å². The van der Waals surface area contributed by atoms with Gasteiger partial charge >= 0.3 is 0 Å². The molecule has 6 heteroatoms. The second-order valence-corrected chi connectivity index (χ2v) is 6.25. The number of carbonyl (C=O) groups excluding carboxylic acids is 1. The number of nitrogens with one attached hydrogen (secondary N) is 1. The van der Waals surface area contributed by atoms with Crippen LogP contribution in [0.3, 0.4) is 0 Å². The predicted molar refractivity (Wildman–Crippen MR) is 103 cm³/mol. The summed E-state index contributed by atoms with van der Waals surface area (Å²) in [5.74, 6) is 1.17. The monoisotopic (exact) mass is 361 g/mol. The first-order valence-corrected chi connectivity index (χ1v) is 8.60. The number of benzene rings is 2. The van der Waals surface area contributed by atoms with Crippen molar-refractivity contribution in [2.24, 2.45) is 5.10 Å². The summed E-state index contributed by atoms with van der Waals surface area (Å²) in [5.41, 5.74) is 6.61. The van der Waals surface area contributed by atoms with Gasteiger partial charge in [-0.15, -0.1) is 0 Å². The third kappa shape index (κ3) is 3.69. The van der Waals surface area contributed by atoms with Crippen LogP contribution in [-0.2, 0) is 13.1 Å². The van der Waals surface area contributed by atoms with Crippen molar-refractivity contribution in [1.82, 2.24) is 5.43 Å². The normalized spacial score (nSPS) is 13.0. The maximum Gasteiger partial charge on any atom is 0.271 e. The lowest BCUT2D eigenvalue weighted by Crippen LogP contribution is -2.17. The molecule has 0 saturated heterocycles. The third-order valence-corrected chi connectivity index (χ3v) is 4.53. The molecule has 1 amide bonds. The maximum atomic E-state index is 12.3. The number of carbonyl (C=O) groups is 1. The molecular weight excluding hydrogens is 342 g/mol. The van der Waals surface area contributed by atoms with Gasteiger partial charge in [0.2, 0.25) is 0 Å². The van der Waals surface area contributed by atoms with Crippen molar-refractivity contribution in [2.75, 3.05) is 12.0 Å². The Morgan fingerprint density at radius 2 is 1.96 bits per heavy atom. The Morgan fingerprint density at radius 3 is 2.70 bits per heavy atom. The molecule has 0 atom stereocenters. The van der Waals surface area contributed by atoms with E-state index in [4.69, 9.17) is 9.15 Å². The highest BCUT2D eigenvalue weighted by molar-refractivity contribution is 5.95. The van der Waals surface area contributed by atoms with E-state index in [1.54, 1.807) is 25.5 Å². The highest BCUT2D eigenvalue weighted by Crippen LogP contribution is 2.30. The standard InChI is InChI=1S/C21H19N3O3/c1-26-19-8-6-18(7-9-19)24-13-16-5-4-15(11-17(16)14-24)21(25)23-22-12-20-3-2-10-27-20/h2-12H,13-14H2,1H3,(H,23,25). The molecule has 3 aromatic rings. The molecule has 136 valence electrons. The first kappa shape index (κ1) is 16.9. The Balaban J connectivity index is 1.43. The quantitative estimate of drug-likeness (QED) is 0.557. The molecule has 1 N–H and O–H groups in total. The molecule has 2 aromatic carbocycles. The number of fused-ring (bicyclic) bond motifs is 1. The SMILES string of the molecule is COc1ccc(N2Cc3ccc(C(=O)NN=Cc4ccco4)cc3C2)cc1. The average Bonchev–Trinajstić information content (AvgIpc) is 3.37. The van der Waals surface area contributed by atoms with E-state index in [-0.39, 0.29) is 5.91 Å². The Bertz CT molecular complexity index is 963. The van der Waals surface area contributed by atoms with Crippen LogP contribution in [0.2, 0.25) is 0 Å². The van der Waals surface area contributed by atoms with E-state index in [1.165, 1.54) is 11.8 Å². The Hall–Kier alpha value is -3.54. The fourth-order valence-corrected chi connectivity index (χ4v) is 3.10. The van der Waals surface area contributed by atoms with Crippen LogP contribution in [0.5, 0.6) is 5.75 Å². The molecule has 1 aromatic heterocycles. The van der Waals surface area contributed by atoms with E-state index in [0.717, 1.165) is 30.1 Å². The van der Waals surface area contributed by atoms with E-state index in [2.05, 4.69) is 15.4 Å². The molecule has 0 aliphatic carbocycles. The fourth-order valence-electron chi connectivity index (χ4n) is 3.10. The first-order valence-electron chi connectivity index (χ1n) is 8.60. The summed E-state index contributed by atoms with van der Waals surface area (Å²) in [6.45, 7) is 1.58. The number of anilines is 1. The largest absolute Gasteiger partial charge is 0.497 e. The second-order valence-electron chi connectivity index (χ2n) is 6.25. The van der Waals surface area contributed by atoms with E-state index in [0.29, 0.717) is 11.3 Å². The van der Waals surface area contributed by atoms with Gasteiger partial charge in [-0.25, -0.2) is 5.43 Å². The molecular formula is C21H19N3O3. The molecule has 6 nitrogen and oxygen atoms in total. The number of furan rings is 1. The van der Waals surface area contributed by atoms with E-state index in [1.807, 2.05) is 42.5 Å². The van der Waals surface area contributed by atoms with Crippen LogP contribution in [0, 0.1) is 0 Å². The van der Waals surface area contributed by atoms with Crippen molar-refractivity contribution < 1.29 is 13.9 Å². The van der Waals surface area contributed by atoms with Gasteiger partial charge in [0, 0.05) is 24.3 Å². The van der Waals surface area contributed by atoms with Crippen molar-refractivity contribution in [3.8, 4) is 5.75 Å². The molecule has 27 heavy (non-hydrogen) atoms. The molecule has 0 unspecified atom stereocenters. The van der Waals surface area contributed by atoms with Gasteiger partial charge in [0.1, 0.15) is 11.5 Å². The van der Waals surface area contributed by atoms with Crippen molar-refractivity contribution in [2.45, 2.75) is 13.1 Å². The van der Waals surface area contributed by atoms with Gasteiger partial charge in [0.15, 0.2) is 0 Å². The van der Waals surface area contributed by atoms with Crippen molar-refractivity contribution in [3.05, 3.63) is 83.3 Å². The number of nitrogens with zero attached hydrogens (tertiary/aromatic N) is 2. The summed E-state index contributed by atoms with van der Waals surface area (Å²) in [4.78, 5) is 14.6. The molecule has 4 rings (SSSR count). The maximum absolute atomic E-state index is 12.3. The summed E-state index contributed by atoms with van der Waals surface area (Å²) >= 11 is 0. The lowest BCUT2D eigenvalue weighted by Gasteiger charge is -2.17. The highest BCUT2D eigenvalue weighted by Gasteiger charge is 2.20. The molecule has 1 aliphatic heterocycles. The van der Waals surface area contributed by atoms with Gasteiger partial charge in [-0.3, -0.25) is 4.79 Å². The minimum Gasteiger partial charge on any atom is -0.497 e. The number of ether oxygens (including phenoxy) is 1. The van der Waals surface area contributed by atoms with Crippen LogP contribution < -0.4 is 15.1 Å². The molecule has 1 aliphatic rings. The van der Waals surface area contributed by atoms with Gasteiger partial charge in [0.05, 0.1) is 19.6 Å². The van der Waals surface area contributed by atoms with Crippen LogP contribution in [0.1, 0.15) is 27.2 Å². The smallest absolute Gasteiger partial charge is 0.271 e. The van der Waals surface area contributed by atoms with Gasteiger partial charge in [-0.05, 0) is 59.7 Å². The van der Waals surface area contributed by atoms with E-state index < -0.39 is 0 Å². The molecule has 0 radical (unpaired) electrons. The number of rotatable bonds is 5. The Morgan fingerprint density at radius 1 is 1.15 bits per heavy atom. The summed E-state index contributed by atoms with van der Waals surface area (Å²) in [7, 11) is 1.66. The van der Waals surface area contributed by atoms with Gasteiger partial charge < -0.3 is 14.1 Å². The van der Waals surface area contributed by atoms with Crippen LogP contribution in [0.25, 0.3) is 0 Å². The topological polar surface area (TPSA) is 67.1 Å². The summed E-state index contributed by atoms with van der Waals surface area (Å²) in [6.07, 6.45) is 3.02. The van der Waals surface area contributed by atoms with E-state index >= 15 is 0 Å². The fraction of sp³-hybridized carbons (Fsp3) is 0.143. The summed E-state index contributed by atoms with van der Waals surface area (Å²) in [5, 5.41) is 3.92. The van der Waals surface area contributed by atoms with Gasteiger partial charge in [-0.2, -0.15) is 5.10 Å². The van der Waals surface area contributed by atoms with Crippen molar-refractivity contribution in [3.63, 3.8) is 0 Å². The second kappa shape index (κ2) is 7.37. The van der Waals surface area contributed by atoms with Crippen molar-refractivity contribution in [1.29, 1.82) is 0 Å². The number of amides is 1. The molecule has 0 saturated carbocycles. The number of hydrazone groups is 1. The first-order chi connectivity index (χ1) is 13.2. The van der Waals surface area contributed by atoms with E-state index in [9.17, 15) is 4.79 Å². The molecule has 0 spiro atoms. The summed E-state index contributed by atoms with van der Waals surface area (Å²) in [6, 6.07) is 17.3. The minimum atomic E-state index is -0.247. The zero-order chi connectivity index (χ0) is 18.6. The Kier molecular flexibility index (Phi) is 4.61. The van der Waals surface area contributed by atoms with Crippen LogP contribution >= 0.6 is 0 Å². The predicted octanol–water partition coefficient (Wildman–Crippen LogP) is 3.57. The molecule has 2 heterocycles. The van der Waals surface area contributed by atoms with Crippen LogP contribution in [-0.4, -0.2) is 19.2 Å². The van der Waals surface area contributed by atoms with Gasteiger partial charge in [0.25, 0.3) is 5.91 Å². The lowest BCUT2D eigenvalue weighted by atomic mass is 10.1. The zero-order valence-electron chi connectivity index (χ0n) is 14.9. The highest BCUT2D eigenvalue weighted by atomic mass is 16.5. The van der Waals surface area contributed by atoms with Crippen LogP contribution in [0.4, 0.5) is 5.69 Å². The average molecular weight is 361 g/mol. The number of hydrogen-bond donors (Lipinski definition) is 1. The zero-order valence-corrected chi connectivity index (χ0v) is 14.9. The summed E-state index contributed by atoms with van der Waals surface area (Å²) < 4.78 is 10.3. The van der Waals surface area contributed by atoms with Crippen molar-refractivity contribution >= 4 is 17.8 Å². The Labute approximate surface area is 157 Å². The lowest BCUT2D eigenvalue weighted by molar-refractivity contribution is 0.0955. The minimum absolute atomic E-state index is 0.247. The number of hydrogen-bond acceptors (Lipinski definition) is 5. The van der Waals surface area contributed by atoms with Gasteiger partial charge in [-0.1, -0.05) is 6.07 Å².